The van der Waals surface area contributed by atoms with Crippen LogP contribution in [0.1, 0.15) is 35.6 Å². The van der Waals surface area contributed by atoms with E-state index >= 15 is 0 Å². The summed E-state index contributed by atoms with van der Waals surface area (Å²) in [7, 11) is 0. The summed E-state index contributed by atoms with van der Waals surface area (Å²) in [4.78, 5) is 37.4. The minimum Gasteiger partial charge on any atom is -0.464 e. The zero-order valence-electron chi connectivity index (χ0n) is 17.6. The molecule has 3 aromatic carbocycles. The lowest BCUT2D eigenvalue weighted by Crippen LogP contribution is -2.44. The van der Waals surface area contributed by atoms with Gasteiger partial charge in [-0.1, -0.05) is 78.9 Å². The Bertz CT molecular complexity index is 1080. The molecule has 0 bridgehead atoms. The highest BCUT2D eigenvalue weighted by atomic mass is 16.6. The van der Waals surface area contributed by atoms with Crippen molar-refractivity contribution in [2.75, 3.05) is 6.61 Å². The van der Waals surface area contributed by atoms with Gasteiger partial charge in [0.15, 0.2) is 12.1 Å². The second kappa shape index (κ2) is 9.47. The van der Waals surface area contributed by atoms with Crippen molar-refractivity contribution in [3.05, 3.63) is 95.6 Å². The molecule has 1 aliphatic carbocycles. The van der Waals surface area contributed by atoms with Crippen LogP contribution in [-0.2, 0) is 23.9 Å². The summed E-state index contributed by atoms with van der Waals surface area (Å²) in [6, 6.07) is 23.1. The van der Waals surface area contributed by atoms with Crippen LogP contribution in [0.3, 0.4) is 0 Å². The highest BCUT2D eigenvalue weighted by Gasteiger charge is 2.39. The average molecular weight is 429 g/mol. The molecule has 0 aromatic heterocycles. The molecule has 0 heterocycles. The van der Waals surface area contributed by atoms with E-state index in [9.17, 15) is 14.4 Å². The highest BCUT2D eigenvalue weighted by Crippen LogP contribution is 2.45. The minimum absolute atomic E-state index is 0.134. The first-order valence-corrected chi connectivity index (χ1v) is 10.5. The van der Waals surface area contributed by atoms with Gasteiger partial charge in [0.2, 0.25) is 6.41 Å². The number of carbonyl (C=O) groups excluding carboxylic acids is 3. The molecule has 2 atom stereocenters. The zero-order valence-corrected chi connectivity index (χ0v) is 17.6. The maximum atomic E-state index is 13.6. The zero-order chi connectivity index (χ0) is 22.5. The van der Waals surface area contributed by atoms with Crippen LogP contribution in [0.25, 0.3) is 11.1 Å². The average Bonchev–Trinajstić information content (AvgIpc) is 3.16. The standard InChI is InChI=1S/C26H23NO5/c1-2-31-26(30)23(27-16-28)24(17-10-4-3-5-11-17)32-25(29)22-20-14-8-6-12-18(20)19-13-7-9-15-21(19)22/h3-16,22-24H,2H2,1H3,(H,27,28). The Kier molecular flexibility index (Phi) is 6.31. The van der Waals surface area contributed by atoms with Gasteiger partial charge in [0.1, 0.15) is 5.92 Å². The van der Waals surface area contributed by atoms with Gasteiger partial charge in [-0.3, -0.25) is 9.59 Å². The Morgan fingerprint density at radius 3 is 2.03 bits per heavy atom. The summed E-state index contributed by atoms with van der Waals surface area (Å²) in [6.07, 6.45) is -0.640. The first-order chi connectivity index (χ1) is 15.7. The first kappa shape index (κ1) is 21.3. The Hall–Kier alpha value is -3.93. The van der Waals surface area contributed by atoms with E-state index in [1.54, 1.807) is 31.2 Å². The van der Waals surface area contributed by atoms with Gasteiger partial charge >= 0.3 is 11.9 Å². The van der Waals surface area contributed by atoms with Crippen LogP contribution in [-0.4, -0.2) is 31.0 Å². The number of ether oxygens (including phenoxy) is 2. The lowest BCUT2D eigenvalue weighted by molar-refractivity contribution is -0.160. The van der Waals surface area contributed by atoms with Gasteiger partial charge in [-0.05, 0) is 34.7 Å². The Morgan fingerprint density at radius 2 is 1.47 bits per heavy atom. The lowest BCUT2D eigenvalue weighted by Gasteiger charge is -2.27. The van der Waals surface area contributed by atoms with Gasteiger partial charge in [0, 0.05) is 0 Å². The number of esters is 2. The molecule has 0 radical (unpaired) electrons. The van der Waals surface area contributed by atoms with Crippen molar-refractivity contribution in [3.63, 3.8) is 0 Å². The van der Waals surface area contributed by atoms with Crippen molar-refractivity contribution in [3.8, 4) is 11.1 Å². The van der Waals surface area contributed by atoms with Crippen molar-refractivity contribution in [2.45, 2.75) is 25.0 Å². The van der Waals surface area contributed by atoms with Gasteiger partial charge in [-0.2, -0.15) is 0 Å². The quantitative estimate of drug-likeness (QED) is 0.436. The van der Waals surface area contributed by atoms with Crippen LogP contribution >= 0.6 is 0 Å². The summed E-state index contributed by atoms with van der Waals surface area (Å²) in [5.74, 6) is -1.81. The second-order valence-electron chi connectivity index (χ2n) is 7.39. The van der Waals surface area contributed by atoms with Gasteiger partial charge in [-0.15, -0.1) is 0 Å². The summed E-state index contributed by atoms with van der Waals surface area (Å²) >= 11 is 0. The Labute approximate surface area is 186 Å². The van der Waals surface area contributed by atoms with Crippen molar-refractivity contribution in [1.82, 2.24) is 5.32 Å². The van der Waals surface area contributed by atoms with Crippen LogP contribution in [0.4, 0.5) is 0 Å². The number of carbonyl (C=O) groups is 3. The smallest absolute Gasteiger partial charge is 0.332 e. The van der Waals surface area contributed by atoms with E-state index in [0.717, 1.165) is 22.3 Å². The normalized spacial score (nSPS) is 13.9. The molecule has 6 heteroatoms. The Balaban J connectivity index is 1.72. The van der Waals surface area contributed by atoms with Crippen LogP contribution in [0.2, 0.25) is 0 Å². The Morgan fingerprint density at radius 1 is 0.906 bits per heavy atom. The maximum Gasteiger partial charge on any atom is 0.332 e. The number of rotatable bonds is 8. The summed E-state index contributed by atoms with van der Waals surface area (Å²) < 4.78 is 11.1. The van der Waals surface area contributed by atoms with E-state index in [2.05, 4.69) is 5.32 Å². The molecule has 1 amide bonds. The molecule has 4 rings (SSSR count). The summed E-state index contributed by atoms with van der Waals surface area (Å²) in [6.45, 7) is 1.81. The molecule has 0 spiro atoms. The molecule has 0 aliphatic heterocycles. The second-order valence-corrected chi connectivity index (χ2v) is 7.39. The first-order valence-electron chi connectivity index (χ1n) is 10.5. The predicted molar refractivity (Wildman–Crippen MR) is 119 cm³/mol. The lowest BCUT2D eigenvalue weighted by atomic mass is 9.96. The molecular weight excluding hydrogens is 406 g/mol. The third-order valence-electron chi connectivity index (χ3n) is 5.53. The number of fused-ring (bicyclic) bond motifs is 3. The molecule has 1 aliphatic rings. The maximum absolute atomic E-state index is 13.6. The topological polar surface area (TPSA) is 81.7 Å². The van der Waals surface area contributed by atoms with E-state index in [0.29, 0.717) is 12.0 Å². The molecule has 32 heavy (non-hydrogen) atoms. The van der Waals surface area contributed by atoms with Gasteiger partial charge in [0.25, 0.3) is 0 Å². The van der Waals surface area contributed by atoms with Gasteiger partial charge in [0.05, 0.1) is 6.61 Å². The largest absolute Gasteiger partial charge is 0.464 e. The van der Waals surface area contributed by atoms with Crippen LogP contribution in [0.15, 0.2) is 78.9 Å². The number of nitrogens with one attached hydrogen (secondary N) is 1. The van der Waals surface area contributed by atoms with E-state index < -0.39 is 30.0 Å². The number of hydrogen-bond donors (Lipinski definition) is 1. The number of amides is 1. The predicted octanol–water partition coefficient (Wildman–Crippen LogP) is 3.76. The molecular formula is C26H23NO5. The van der Waals surface area contributed by atoms with Crippen molar-refractivity contribution in [2.24, 2.45) is 0 Å². The van der Waals surface area contributed by atoms with Crippen molar-refractivity contribution < 1.29 is 23.9 Å². The molecule has 162 valence electrons. The number of benzene rings is 3. The fourth-order valence-corrected chi connectivity index (χ4v) is 4.16. The van der Waals surface area contributed by atoms with E-state index in [1.807, 2.05) is 54.6 Å². The molecule has 6 nitrogen and oxygen atoms in total. The molecule has 2 unspecified atom stereocenters. The fourth-order valence-electron chi connectivity index (χ4n) is 4.16. The third-order valence-corrected chi connectivity index (χ3v) is 5.53. The summed E-state index contributed by atoms with van der Waals surface area (Å²) in [5, 5.41) is 2.47. The van der Waals surface area contributed by atoms with E-state index in [4.69, 9.17) is 9.47 Å². The molecule has 3 aromatic rings. The molecule has 1 N–H and O–H groups in total. The van der Waals surface area contributed by atoms with Crippen LogP contribution in [0, 0.1) is 0 Å². The third kappa shape index (κ3) is 3.99. The van der Waals surface area contributed by atoms with Gasteiger partial charge < -0.3 is 14.8 Å². The minimum atomic E-state index is -1.18. The molecule has 0 fully saturated rings. The summed E-state index contributed by atoms with van der Waals surface area (Å²) in [5.41, 5.74) is 4.24. The van der Waals surface area contributed by atoms with E-state index in [-0.39, 0.29) is 6.61 Å². The monoisotopic (exact) mass is 429 g/mol. The van der Waals surface area contributed by atoms with Crippen molar-refractivity contribution >= 4 is 18.3 Å². The molecule has 0 saturated heterocycles. The van der Waals surface area contributed by atoms with Crippen molar-refractivity contribution in [1.29, 1.82) is 0 Å². The highest BCUT2D eigenvalue weighted by molar-refractivity contribution is 5.94. The van der Waals surface area contributed by atoms with Gasteiger partial charge in [-0.25, -0.2) is 4.79 Å². The SMILES string of the molecule is CCOC(=O)C(NC=O)C(OC(=O)C1c2ccccc2-c2ccccc21)c1ccccc1. The molecule has 0 saturated carbocycles. The van der Waals surface area contributed by atoms with Crippen LogP contribution < -0.4 is 5.32 Å². The van der Waals surface area contributed by atoms with E-state index in [1.165, 1.54) is 0 Å². The number of hydrogen-bond acceptors (Lipinski definition) is 5. The van der Waals surface area contributed by atoms with Crippen LogP contribution in [0.5, 0.6) is 0 Å². The fraction of sp³-hybridized carbons (Fsp3) is 0.192.